The molecule has 0 bridgehead atoms. The Morgan fingerprint density at radius 1 is 1.26 bits per heavy atom. The molecule has 1 aromatic carbocycles. The zero-order chi connectivity index (χ0) is 19.8. The molecule has 0 aliphatic heterocycles. The zero-order valence-corrected chi connectivity index (χ0v) is 17.1. The van der Waals surface area contributed by atoms with Gasteiger partial charge in [0.25, 0.3) is 5.91 Å². The third-order valence-corrected chi connectivity index (χ3v) is 5.46. The molecule has 3 rings (SSSR count). The first-order valence-corrected chi connectivity index (χ1v) is 9.77. The van der Waals surface area contributed by atoms with E-state index in [-0.39, 0.29) is 5.91 Å². The van der Waals surface area contributed by atoms with Gasteiger partial charge < -0.3 is 10.0 Å². The van der Waals surface area contributed by atoms with Crippen LogP contribution < -0.4 is 0 Å². The second-order valence-corrected chi connectivity index (χ2v) is 8.45. The maximum atomic E-state index is 13.1. The quantitative estimate of drug-likeness (QED) is 0.812. The first-order valence-electron chi connectivity index (χ1n) is 9.77. The summed E-state index contributed by atoms with van der Waals surface area (Å²) in [5.41, 5.74) is 4.47. The maximum Gasteiger partial charge on any atom is 0.254 e. The van der Waals surface area contributed by atoms with Crippen molar-refractivity contribution in [2.75, 3.05) is 0 Å². The molecule has 0 unspecified atom stereocenters. The summed E-state index contributed by atoms with van der Waals surface area (Å²) in [6.07, 6.45) is 3.66. The van der Waals surface area contributed by atoms with Gasteiger partial charge in [0.15, 0.2) is 0 Å². The van der Waals surface area contributed by atoms with Gasteiger partial charge in [-0.15, -0.1) is 0 Å². The first-order chi connectivity index (χ1) is 12.7. The molecular weight excluding hydrogens is 338 g/mol. The lowest BCUT2D eigenvalue weighted by molar-refractivity contribution is 0.0709. The Labute approximate surface area is 162 Å². The smallest absolute Gasteiger partial charge is 0.254 e. The lowest BCUT2D eigenvalue weighted by atomic mass is 9.98. The van der Waals surface area contributed by atoms with Crippen molar-refractivity contribution in [1.29, 1.82) is 0 Å². The Morgan fingerprint density at radius 2 is 1.89 bits per heavy atom. The summed E-state index contributed by atoms with van der Waals surface area (Å²) in [6.45, 7) is 8.33. The van der Waals surface area contributed by atoms with E-state index in [2.05, 4.69) is 12.0 Å². The summed E-state index contributed by atoms with van der Waals surface area (Å²) >= 11 is 0. The summed E-state index contributed by atoms with van der Waals surface area (Å²) in [7, 11) is 1.95. The van der Waals surface area contributed by atoms with Crippen molar-refractivity contribution in [1.82, 2.24) is 14.7 Å². The highest BCUT2D eigenvalue weighted by Crippen LogP contribution is 2.31. The van der Waals surface area contributed by atoms with Crippen molar-refractivity contribution >= 4 is 5.91 Å². The molecule has 5 heteroatoms. The summed E-state index contributed by atoms with van der Waals surface area (Å²) in [5, 5.41) is 14.4. The van der Waals surface area contributed by atoms with Crippen molar-refractivity contribution in [3.8, 4) is 0 Å². The molecule has 146 valence electrons. The van der Waals surface area contributed by atoms with Gasteiger partial charge in [-0.3, -0.25) is 9.48 Å². The standard InChI is InChI=1S/C22H31N3O2/c1-15-20(16(2)24(5)23-15)14-25(19-10-11-19)21(26)18-8-6-17(7-9-18)12-13-22(3,4)27/h6-9,19,27H,10-14H2,1-5H3. The van der Waals surface area contributed by atoms with Gasteiger partial charge in [-0.1, -0.05) is 12.1 Å². The van der Waals surface area contributed by atoms with E-state index in [9.17, 15) is 9.90 Å². The molecule has 1 fully saturated rings. The summed E-state index contributed by atoms with van der Waals surface area (Å²) in [4.78, 5) is 15.2. The van der Waals surface area contributed by atoms with Crippen molar-refractivity contribution in [2.24, 2.45) is 7.05 Å². The third-order valence-electron chi connectivity index (χ3n) is 5.46. The zero-order valence-electron chi connectivity index (χ0n) is 17.1. The Bertz CT molecular complexity index is 811. The van der Waals surface area contributed by atoms with E-state index in [0.717, 1.165) is 47.3 Å². The summed E-state index contributed by atoms with van der Waals surface area (Å²) in [6, 6.07) is 8.18. The van der Waals surface area contributed by atoms with Crippen LogP contribution in [0.5, 0.6) is 0 Å². The van der Waals surface area contributed by atoms with Crippen LogP contribution in [0.1, 0.15) is 66.0 Å². The molecule has 1 amide bonds. The third kappa shape index (κ3) is 4.78. The first kappa shape index (κ1) is 19.6. The fourth-order valence-electron chi connectivity index (χ4n) is 3.40. The lowest BCUT2D eigenvalue weighted by Crippen LogP contribution is -2.33. The fourth-order valence-corrected chi connectivity index (χ4v) is 3.40. The molecule has 0 saturated heterocycles. The van der Waals surface area contributed by atoms with Crippen LogP contribution in [0, 0.1) is 13.8 Å². The van der Waals surface area contributed by atoms with Gasteiger partial charge in [0, 0.05) is 36.5 Å². The molecule has 1 aliphatic rings. The minimum absolute atomic E-state index is 0.0918. The highest BCUT2D eigenvalue weighted by atomic mass is 16.3. The van der Waals surface area contributed by atoms with Crippen molar-refractivity contribution in [3.05, 3.63) is 52.3 Å². The van der Waals surface area contributed by atoms with E-state index in [0.29, 0.717) is 19.0 Å². The van der Waals surface area contributed by atoms with Gasteiger partial charge in [-0.25, -0.2) is 0 Å². The SMILES string of the molecule is Cc1nn(C)c(C)c1CN(C(=O)c1ccc(CCC(C)(C)O)cc1)C1CC1. The van der Waals surface area contributed by atoms with E-state index in [1.807, 2.05) is 61.7 Å². The highest BCUT2D eigenvalue weighted by Gasteiger charge is 2.34. The van der Waals surface area contributed by atoms with Gasteiger partial charge >= 0.3 is 0 Å². The molecule has 1 saturated carbocycles. The Balaban J connectivity index is 1.74. The number of hydrogen-bond donors (Lipinski definition) is 1. The van der Waals surface area contributed by atoms with E-state index >= 15 is 0 Å². The number of aromatic nitrogens is 2. The average molecular weight is 370 g/mol. The Hall–Kier alpha value is -2.14. The van der Waals surface area contributed by atoms with Gasteiger partial charge in [0.1, 0.15) is 0 Å². The molecule has 1 N–H and O–H groups in total. The number of benzene rings is 1. The topological polar surface area (TPSA) is 58.4 Å². The number of nitrogens with zero attached hydrogens (tertiary/aromatic N) is 3. The highest BCUT2D eigenvalue weighted by molar-refractivity contribution is 5.94. The second kappa shape index (κ2) is 7.47. The number of rotatable bonds is 7. The van der Waals surface area contributed by atoms with Gasteiger partial charge in [-0.05, 0) is 71.1 Å². The predicted octanol–water partition coefficient (Wildman–Crippen LogP) is 3.55. The Kier molecular flexibility index (Phi) is 5.43. The Morgan fingerprint density at radius 3 is 2.37 bits per heavy atom. The number of amides is 1. The molecule has 0 radical (unpaired) electrons. The van der Waals surface area contributed by atoms with E-state index in [1.165, 1.54) is 0 Å². The fraction of sp³-hybridized carbons (Fsp3) is 0.545. The minimum Gasteiger partial charge on any atom is -0.390 e. The van der Waals surface area contributed by atoms with Crippen molar-refractivity contribution < 1.29 is 9.90 Å². The van der Waals surface area contributed by atoms with Gasteiger partial charge in [0.2, 0.25) is 0 Å². The summed E-state index contributed by atoms with van der Waals surface area (Å²) < 4.78 is 1.89. The molecule has 5 nitrogen and oxygen atoms in total. The van der Waals surface area contributed by atoms with Crippen LogP contribution in [0.4, 0.5) is 0 Å². The van der Waals surface area contributed by atoms with Crippen LogP contribution >= 0.6 is 0 Å². The van der Waals surface area contributed by atoms with Crippen LogP contribution in [-0.2, 0) is 20.0 Å². The number of aryl methyl sites for hydroxylation is 3. The summed E-state index contributed by atoms with van der Waals surface area (Å²) in [5.74, 6) is 0.0918. The van der Waals surface area contributed by atoms with Crippen LogP contribution in [0.2, 0.25) is 0 Å². The number of carbonyl (C=O) groups excluding carboxylic acids is 1. The minimum atomic E-state index is -0.670. The number of aliphatic hydroxyl groups is 1. The molecule has 1 aliphatic carbocycles. The number of carbonyl (C=O) groups is 1. The van der Waals surface area contributed by atoms with Gasteiger partial charge in [0.05, 0.1) is 11.3 Å². The molecule has 1 aromatic heterocycles. The molecule has 27 heavy (non-hydrogen) atoms. The van der Waals surface area contributed by atoms with Crippen molar-refractivity contribution in [3.63, 3.8) is 0 Å². The maximum absolute atomic E-state index is 13.1. The van der Waals surface area contributed by atoms with Crippen LogP contribution in [-0.4, -0.2) is 37.3 Å². The van der Waals surface area contributed by atoms with E-state index in [1.54, 1.807) is 0 Å². The van der Waals surface area contributed by atoms with Crippen LogP contribution in [0.3, 0.4) is 0 Å². The largest absolute Gasteiger partial charge is 0.390 e. The normalized spacial score (nSPS) is 14.4. The monoisotopic (exact) mass is 369 g/mol. The van der Waals surface area contributed by atoms with E-state index in [4.69, 9.17) is 0 Å². The average Bonchev–Trinajstić information content (AvgIpc) is 3.41. The molecule has 0 atom stereocenters. The predicted molar refractivity (Wildman–Crippen MR) is 107 cm³/mol. The number of hydrogen-bond acceptors (Lipinski definition) is 3. The van der Waals surface area contributed by atoms with Gasteiger partial charge in [-0.2, -0.15) is 5.10 Å². The second-order valence-electron chi connectivity index (χ2n) is 8.45. The van der Waals surface area contributed by atoms with Crippen LogP contribution in [0.15, 0.2) is 24.3 Å². The lowest BCUT2D eigenvalue weighted by Gasteiger charge is -2.23. The van der Waals surface area contributed by atoms with Crippen molar-refractivity contribution in [2.45, 2.75) is 71.6 Å². The molecule has 1 heterocycles. The van der Waals surface area contributed by atoms with E-state index < -0.39 is 5.60 Å². The van der Waals surface area contributed by atoms with Crippen LogP contribution in [0.25, 0.3) is 0 Å². The molecule has 0 spiro atoms. The molecule has 2 aromatic rings. The molecular formula is C22H31N3O2.